The van der Waals surface area contributed by atoms with Crippen LogP contribution >= 0.6 is 0 Å². The third-order valence-corrected chi connectivity index (χ3v) is 2.73. The Morgan fingerprint density at radius 1 is 1.44 bits per heavy atom. The highest BCUT2D eigenvalue weighted by Crippen LogP contribution is 2.15. The number of aromatic nitrogens is 4. The molecule has 0 aliphatic rings. The summed E-state index contributed by atoms with van der Waals surface area (Å²) >= 11 is 0. The van der Waals surface area contributed by atoms with E-state index in [1.54, 1.807) is 11.0 Å². The highest BCUT2D eigenvalue weighted by molar-refractivity contribution is 5.76. The van der Waals surface area contributed by atoms with Gasteiger partial charge < -0.3 is 5.73 Å². The summed E-state index contributed by atoms with van der Waals surface area (Å²) in [5.74, 6) is 0. The van der Waals surface area contributed by atoms with Crippen LogP contribution in [0.15, 0.2) is 12.5 Å². The number of hydrogen-bond donors (Lipinski definition) is 1. The van der Waals surface area contributed by atoms with E-state index in [2.05, 4.69) is 22.0 Å². The van der Waals surface area contributed by atoms with Crippen molar-refractivity contribution in [1.82, 2.24) is 19.7 Å². The second-order valence-corrected chi connectivity index (χ2v) is 4.08. The third-order valence-electron chi connectivity index (χ3n) is 2.73. The van der Waals surface area contributed by atoms with Gasteiger partial charge in [0.2, 0.25) is 0 Å². The van der Waals surface area contributed by atoms with Gasteiger partial charge in [-0.3, -0.25) is 4.68 Å². The lowest BCUT2D eigenvalue weighted by molar-refractivity contribution is 0.595. The molecule has 0 bridgehead atoms. The first kappa shape index (κ1) is 11.0. The number of aryl methyl sites for hydroxylation is 1. The SMILES string of the molecule is CCCC(N)Cc1ncnc2c1cnn2C. The lowest BCUT2D eigenvalue weighted by Gasteiger charge is -2.09. The lowest BCUT2D eigenvalue weighted by atomic mass is 10.1. The van der Waals surface area contributed by atoms with Crippen LogP contribution < -0.4 is 5.73 Å². The molecule has 1 unspecified atom stereocenters. The molecule has 0 fully saturated rings. The second kappa shape index (κ2) is 4.57. The smallest absolute Gasteiger partial charge is 0.161 e. The zero-order valence-corrected chi connectivity index (χ0v) is 9.72. The lowest BCUT2D eigenvalue weighted by Crippen LogP contribution is -2.23. The summed E-state index contributed by atoms with van der Waals surface area (Å²) in [5.41, 5.74) is 7.89. The molecular formula is C11H17N5. The number of nitrogens with zero attached hydrogens (tertiary/aromatic N) is 4. The summed E-state index contributed by atoms with van der Waals surface area (Å²) in [6, 6.07) is 0.170. The minimum Gasteiger partial charge on any atom is -0.327 e. The standard InChI is InChI=1S/C11H17N5/c1-3-4-8(12)5-10-9-6-15-16(2)11(9)14-7-13-10/h6-8H,3-5,12H2,1-2H3. The van der Waals surface area contributed by atoms with Crippen molar-refractivity contribution in [3.05, 3.63) is 18.2 Å². The van der Waals surface area contributed by atoms with Gasteiger partial charge in [-0.05, 0) is 6.42 Å². The Morgan fingerprint density at radius 2 is 2.25 bits per heavy atom. The molecule has 0 amide bonds. The molecular weight excluding hydrogens is 202 g/mol. The summed E-state index contributed by atoms with van der Waals surface area (Å²) in [7, 11) is 1.88. The Labute approximate surface area is 94.7 Å². The van der Waals surface area contributed by atoms with Crippen molar-refractivity contribution in [1.29, 1.82) is 0 Å². The van der Waals surface area contributed by atoms with Crippen molar-refractivity contribution in [3.63, 3.8) is 0 Å². The fraction of sp³-hybridized carbons (Fsp3) is 0.545. The molecule has 2 heterocycles. The fourth-order valence-corrected chi connectivity index (χ4v) is 1.89. The van der Waals surface area contributed by atoms with Crippen molar-refractivity contribution in [2.75, 3.05) is 0 Å². The van der Waals surface area contributed by atoms with E-state index in [1.165, 1.54) is 0 Å². The van der Waals surface area contributed by atoms with Crippen LogP contribution in [0.25, 0.3) is 11.0 Å². The van der Waals surface area contributed by atoms with Gasteiger partial charge >= 0.3 is 0 Å². The van der Waals surface area contributed by atoms with Gasteiger partial charge in [-0.1, -0.05) is 13.3 Å². The first-order chi connectivity index (χ1) is 7.72. The van der Waals surface area contributed by atoms with Crippen LogP contribution in [0.3, 0.4) is 0 Å². The monoisotopic (exact) mass is 219 g/mol. The van der Waals surface area contributed by atoms with Gasteiger partial charge in [0.1, 0.15) is 6.33 Å². The van der Waals surface area contributed by atoms with Crippen LogP contribution in [-0.2, 0) is 13.5 Å². The van der Waals surface area contributed by atoms with Crippen molar-refractivity contribution in [3.8, 4) is 0 Å². The second-order valence-electron chi connectivity index (χ2n) is 4.08. The maximum absolute atomic E-state index is 6.03. The minimum absolute atomic E-state index is 0.170. The Hall–Kier alpha value is -1.49. The van der Waals surface area contributed by atoms with Crippen LogP contribution in [0.2, 0.25) is 0 Å². The highest BCUT2D eigenvalue weighted by Gasteiger charge is 2.10. The molecule has 2 aromatic rings. The van der Waals surface area contributed by atoms with Crippen molar-refractivity contribution < 1.29 is 0 Å². The Morgan fingerprint density at radius 3 is 3.00 bits per heavy atom. The zero-order valence-electron chi connectivity index (χ0n) is 9.72. The number of fused-ring (bicyclic) bond motifs is 1. The minimum atomic E-state index is 0.170. The van der Waals surface area contributed by atoms with Gasteiger partial charge in [0.25, 0.3) is 0 Å². The molecule has 0 saturated carbocycles. The average Bonchev–Trinajstić information content (AvgIpc) is 2.62. The molecule has 0 radical (unpaired) electrons. The normalized spacial score (nSPS) is 13.2. The summed E-state index contributed by atoms with van der Waals surface area (Å²) in [6.07, 6.45) is 6.30. The fourth-order valence-electron chi connectivity index (χ4n) is 1.89. The average molecular weight is 219 g/mol. The van der Waals surface area contributed by atoms with E-state index in [-0.39, 0.29) is 6.04 Å². The van der Waals surface area contributed by atoms with Gasteiger partial charge in [-0.15, -0.1) is 0 Å². The quantitative estimate of drug-likeness (QED) is 0.834. The van der Waals surface area contributed by atoms with Crippen LogP contribution in [0.4, 0.5) is 0 Å². The van der Waals surface area contributed by atoms with Crippen LogP contribution in [0.5, 0.6) is 0 Å². The Bertz CT molecular complexity index is 476. The molecule has 2 rings (SSSR count). The molecule has 5 heteroatoms. The molecule has 0 aliphatic heterocycles. The molecule has 16 heavy (non-hydrogen) atoms. The molecule has 0 aliphatic carbocycles. The predicted molar refractivity (Wildman–Crippen MR) is 62.9 cm³/mol. The van der Waals surface area contributed by atoms with E-state index >= 15 is 0 Å². The number of rotatable bonds is 4. The van der Waals surface area contributed by atoms with E-state index in [1.807, 2.05) is 13.2 Å². The topological polar surface area (TPSA) is 69.6 Å². The predicted octanol–water partition coefficient (Wildman–Crippen LogP) is 1.03. The van der Waals surface area contributed by atoms with Crippen molar-refractivity contribution >= 4 is 11.0 Å². The molecule has 0 spiro atoms. The summed E-state index contributed by atoms with van der Waals surface area (Å²) in [6.45, 7) is 2.14. The first-order valence-corrected chi connectivity index (χ1v) is 5.59. The van der Waals surface area contributed by atoms with Crippen LogP contribution in [-0.4, -0.2) is 25.8 Å². The summed E-state index contributed by atoms with van der Waals surface area (Å²) in [5, 5.41) is 5.19. The van der Waals surface area contributed by atoms with Gasteiger partial charge in [0, 0.05) is 19.5 Å². The summed E-state index contributed by atoms with van der Waals surface area (Å²) in [4.78, 5) is 8.50. The molecule has 2 N–H and O–H groups in total. The van der Waals surface area contributed by atoms with E-state index in [0.29, 0.717) is 0 Å². The van der Waals surface area contributed by atoms with Gasteiger partial charge in [0.05, 0.1) is 17.3 Å². The maximum atomic E-state index is 6.03. The Kier molecular flexibility index (Phi) is 3.14. The molecule has 5 nitrogen and oxygen atoms in total. The Balaban J connectivity index is 2.30. The zero-order chi connectivity index (χ0) is 11.5. The largest absolute Gasteiger partial charge is 0.327 e. The van der Waals surface area contributed by atoms with E-state index in [4.69, 9.17) is 5.73 Å². The molecule has 0 aromatic carbocycles. The molecule has 0 saturated heterocycles. The van der Waals surface area contributed by atoms with Crippen molar-refractivity contribution in [2.24, 2.45) is 12.8 Å². The summed E-state index contributed by atoms with van der Waals surface area (Å²) < 4.78 is 1.76. The highest BCUT2D eigenvalue weighted by atomic mass is 15.3. The van der Waals surface area contributed by atoms with Gasteiger partial charge in [-0.2, -0.15) is 5.10 Å². The van der Waals surface area contributed by atoms with Crippen LogP contribution in [0, 0.1) is 0 Å². The third kappa shape index (κ3) is 2.04. The molecule has 86 valence electrons. The van der Waals surface area contributed by atoms with E-state index < -0.39 is 0 Å². The molecule has 2 aromatic heterocycles. The van der Waals surface area contributed by atoms with E-state index in [9.17, 15) is 0 Å². The maximum Gasteiger partial charge on any atom is 0.161 e. The van der Waals surface area contributed by atoms with Gasteiger partial charge in [0.15, 0.2) is 5.65 Å². The van der Waals surface area contributed by atoms with Crippen LogP contribution in [0.1, 0.15) is 25.5 Å². The number of hydrogen-bond acceptors (Lipinski definition) is 4. The first-order valence-electron chi connectivity index (χ1n) is 5.59. The van der Waals surface area contributed by atoms with E-state index in [0.717, 1.165) is 36.0 Å². The van der Waals surface area contributed by atoms with Crippen molar-refractivity contribution in [2.45, 2.75) is 32.2 Å². The molecule has 1 atom stereocenters. The number of nitrogens with two attached hydrogens (primary N) is 1. The van der Waals surface area contributed by atoms with Gasteiger partial charge in [-0.25, -0.2) is 9.97 Å².